The van der Waals surface area contributed by atoms with E-state index >= 15 is 0 Å². The van der Waals surface area contributed by atoms with Gasteiger partial charge >= 0.3 is 0 Å². The van der Waals surface area contributed by atoms with Crippen LogP contribution in [0.2, 0.25) is 0 Å². The van der Waals surface area contributed by atoms with Gasteiger partial charge in [0.1, 0.15) is 19.0 Å². The molecule has 0 bridgehead atoms. The van der Waals surface area contributed by atoms with Crippen LogP contribution < -0.4 is 20.3 Å². The second-order valence-corrected chi connectivity index (χ2v) is 8.40. The zero-order valence-electron chi connectivity index (χ0n) is 17.2. The van der Waals surface area contributed by atoms with Crippen LogP contribution in [0.4, 0.5) is 0 Å². The molecule has 0 amide bonds. The minimum atomic E-state index is -0.110. The van der Waals surface area contributed by atoms with Crippen molar-refractivity contribution in [2.45, 2.75) is 44.8 Å². The highest BCUT2D eigenvalue weighted by molar-refractivity contribution is 7.80. The molecule has 31 heavy (non-hydrogen) atoms. The third-order valence-corrected chi connectivity index (χ3v) is 6.32. The molecule has 2 aromatic heterocycles. The molecule has 0 unspecified atom stereocenters. The van der Waals surface area contributed by atoms with E-state index in [-0.39, 0.29) is 5.56 Å². The monoisotopic (exact) mass is 439 g/mol. The van der Waals surface area contributed by atoms with E-state index in [4.69, 9.17) is 26.1 Å². The topological polar surface area (TPSA) is 79.7 Å². The zero-order valence-corrected chi connectivity index (χ0v) is 18.0. The van der Waals surface area contributed by atoms with Gasteiger partial charge in [-0.15, -0.1) is 0 Å². The van der Waals surface area contributed by atoms with E-state index in [9.17, 15) is 4.79 Å². The number of H-pyrrole nitrogens is 1. The largest absolute Gasteiger partial charge is 0.486 e. The lowest BCUT2D eigenvalue weighted by Crippen LogP contribution is -2.45. The van der Waals surface area contributed by atoms with Crippen LogP contribution in [0.5, 0.6) is 11.5 Å². The first kappa shape index (κ1) is 19.9. The molecule has 0 radical (unpaired) electrons. The zero-order chi connectivity index (χ0) is 21.2. The van der Waals surface area contributed by atoms with Crippen LogP contribution in [0.25, 0.3) is 10.9 Å². The Morgan fingerprint density at radius 3 is 2.68 bits per heavy atom. The Kier molecular flexibility index (Phi) is 5.55. The lowest BCUT2D eigenvalue weighted by molar-refractivity contribution is 0.172. The normalized spacial score (nSPS) is 15.9. The maximum Gasteiger partial charge on any atom is 0.253 e. The van der Waals surface area contributed by atoms with Crippen LogP contribution in [0.1, 0.15) is 37.0 Å². The maximum atomic E-state index is 12.9. The number of fused-ring (bicyclic) bond motifs is 2. The first-order valence-electron chi connectivity index (χ1n) is 10.7. The smallest absolute Gasteiger partial charge is 0.253 e. The van der Waals surface area contributed by atoms with Gasteiger partial charge in [-0.2, -0.15) is 0 Å². The first-order chi connectivity index (χ1) is 15.2. The second kappa shape index (κ2) is 8.63. The van der Waals surface area contributed by atoms with E-state index in [1.807, 2.05) is 30.3 Å². The van der Waals surface area contributed by atoms with Crippen LogP contribution in [0, 0.1) is 0 Å². The number of aromatic amines is 1. The molecule has 3 heterocycles. The van der Waals surface area contributed by atoms with Crippen molar-refractivity contribution in [1.82, 2.24) is 15.2 Å². The van der Waals surface area contributed by atoms with E-state index < -0.39 is 0 Å². The number of hydrogen-bond acceptors (Lipinski definition) is 5. The van der Waals surface area contributed by atoms with Crippen LogP contribution >= 0.6 is 12.2 Å². The molecule has 0 spiro atoms. The van der Waals surface area contributed by atoms with Gasteiger partial charge in [-0.3, -0.25) is 4.79 Å². The van der Waals surface area contributed by atoms with Gasteiger partial charge in [0.2, 0.25) is 0 Å². The highest BCUT2D eigenvalue weighted by atomic mass is 32.1. The molecule has 0 atom stereocenters. The van der Waals surface area contributed by atoms with Gasteiger partial charge in [0.25, 0.3) is 5.56 Å². The number of furan rings is 1. The molecule has 8 heteroatoms. The van der Waals surface area contributed by atoms with Crippen molar-refractivity contribution in [2.24, 2.45) is 0 Å². The Morgan fingerprint density at radius 1 is 1.16 bits per heavy atom. The minimum Gasteiger partial charge on any atom is -0.486 e. The number of aromatic nitrogens is 1. The summed E-state index contributed by atoms with van der Waals surface area (Å²) in [5, 5.41) is 4.85. The average Bonchev–Trinajstić information content (AvgIpc) is 3.49. The highest BCUT2D eigenvalue weighted by Gasteiger charge is 2.26. The molecule has 3 aromatic rings. The predicted molar refractivity (Wildman–Crippen MR) is 122 cm³/mol. The number of hydrogen-bond donors (Lipinski definition) is 2. The Hall–Kier alpha value is -3.00. The van der Waals surface area contributed by atoms with Gasteiger partial charge in [-0.25, -0.2) is 0 Å². The molecule has 162 valence electrons. The maximum absolute atomic E-state index is 12.9. The Labute approximate surface area is 185 Å². The van der Waals surface area contributed by atoms with Crippen molar-refractivity contribution in [3.05, 3.63) is 58.3 Å². The Bertz CT molecular complexity index is 1140. The number of nitrogens with one attached hydrogen (secondary N) is 2. The second-order valence-electron chi connectivity index (χ2n) is 8.01. The lowest BCUT2D eigenvalue weighted by atomic mass is 10.1. The summed E-state index contributed by atoms with van der Waals surface area (Å²) in [7, 11) is 0. The van der Waals surface area contributed by atoms with E-state index in [0.717, 1.165) is 29.5 Å². The fourth-order valence-electron chi connectivity index (χ4n) is 4.35. The molecular weight excluding hydrogens is 414 g/mol. The number of ether oxygens (including phenoxy) is 2. The summed E-state index contributed by atoms with van der Waals surface area (Å²) in [6.45, 7) is 2.01. The fourth-order valence-corrected chi connectivity index (χ4v) is 4.63. The van der Waals surface area contributed by atoms with Gasteiger partial charge < -0.3 is 29.1 Å². The summed E-state index contributed by atoms with van der Waals surface area (Å²) in [5.74, 6) is 2.20. The number of nitrogens with zero attached hydrogens (tertiary/aromatic N) is 1. The molecule has 1 aliphatic heterocycles. The predicted octanol–water partition coefficient (Wildman–Crippen LogP) is 3.71. The first-order valence-corrected chi connectivity index (χ1v) is 11.1. The van der Waals surface area contributed by atoms with Crippen LogP contribution in [-0.4, -0.2) is 34.3 Å². The molecule has 2 N–H and O–H groups in total. The molecule has 1 aliphatic carbocycles. The fraction of sp³-hybridized carbons (Fsp3) is 0.391. The number of rotatable bonds is 5. The van der Waals surface area contributed by atoms with Crippen molar-refractivity contribution in [2.75, 3.05) is 13.2 Å². The van der Waals surface area contributed by atoms with Crippen molar-refractivity contribution in [1.29, 1.82) is 0 Å². The van der Waals surface area contributed by atoms with E-state index in [1.165, 1.54) is 12.8 Å². The van der Waals surface area contributed by atoms with Gasteiger partial charge in [0.05, 0.1) is 24.9 Å². The molecule has 1 aromatic carbocycles. The molecule has 7 nitrogen and oxygen atoms in total. The van der Waals surface area contributed by atoms with Gasteiger partial charge in [0.15, 0.2) is 16.6 Å². The number of thiocarbonyl (C=S) groups is 1. The molecule has 1 fully saturated rings. The summed E-state index contributed by atoms with van der Waals surface area (Å²) in [5.41, 5.74) is 1.31. The van der Waals surface area contributed by atoms with Gasteiger partial charge in [0, 0.05) is 23.1 Å². The standard InChI is InChI=1S/C23H25N3O4S/c27-22-16(10-15-11-20-21(12-19(15)25-22)30-9-8-29-20)14-26(17-4-1-2-5-17)23(31)24-13-18-6-3-7-28-18/h3,6-7,10-12,17H,1-2,4-5,8-9,13-14H2,(H,24,31)(H,25,27). The highest BCUT2D eigenvalue weighted by Crippen LogP contribution is 2.34. The molecule has 1 saturated carbocycles. The summed E-state index contributed by atoms with van der Waals surface area (Å²) < 4.78 is 16.7. The molecular formula is C23H25N3O4S. The summed E-state index contributed by atoms with van der Waals surface area (Å²) in [6.07, 6.45) is 6.16. The third-order valence-electron chi connectivity index (χ3n) is 5.94. The number of benzene rings is 1. The Balaban J connectivity index is 1.41. The van der Waals surface area contributed by atoms with Gasteiger partial charge in [-0.1, -0.05) is 12.8 Å². The van der Waals surface area contributed by atoms with Crippen LogP contribution in [0.3, 0.4) is 0 Å². The van der Waals surface area contributed by atoms with Crippen molar-refractivity contribution in [3.8, 4) is 11.5 Å². The lowest BCUT2D eigenvalue weighted by Gasteiger charge is -2.31. The van der Waals surface area contributed by atoms with Crippen LogP contribution in [0.15, 0.2) is 45.8 Å². The van der Waals surface area contributed by atoms with Crippen molar-refractivity contribution < 1.29 is 13.9 Å². The molecule has 5 rings (SSSR count). The SMILES string of the molecule is O=c1[nH]c2cc3c(cc2cc1CN(C(=S)NCc1ccco1)C1CCCC1)OCCO3. The van der Waals surface area contributed by atoms with E-state index in [1.54, 1.807) is 6.26 Å². The average molecular weight is 440 g/mol. The van der Waals surface area contributed by atoms with Crippen molar-refractivity contribution in [3.63, 3.8) is 0 Å². The Morgan fingerprint density at radius 2 is 1.94 bits per heavy atom. The summed E-state index contributed by atoms with van der Waals surface area (Å²) >= 11 is 5.73. The summed E-state index contributed by atoms with van der Waals surface area (Å²) in [6, 6.07) is 9.79. The molecule has 2 aliphatic rings. The van der Waals surface area contributed by atoms with E-state index in [0.29, 0.717) is 54.5 Å². The summed E-state index contributed by atoms with van der Waals surface area (Å²) in [4.78, 5) is 18.0. The molecule has 0 saturated heterocycles. The van der Waals surface area contributed by atoms with Gasteiger partial charge in [-0.05, 0) is 49.3 Å². The van der Waals surface area contributed by atoms with E-state index in [2.05, 4.69) is 15.2 Å². The van der Waals surface area contributed by atoms with Crippen molar-refractivity contribution >= 4 is 28.2 Å². The minimum absolute atomic E-state index is 0.110. The quantitative estimate of drug-likeness (QED) is 0.587. The third kappa shape index (κ3) is 4.25. The van der Waals surface area contributed by atoms with Crippen LogP contribution in [-0.2, 0) is 13.1 Å². The number of pyridine rings is 1.